The van der Waals surface area contributed by atoms with Crippen LogP contribution in [0.5, 0.6) is 0 Å². The minimum absolute atomic E-state index is 0.694. The number of hydrogen-bond acceptors (Lipinski definition) is 0. The highest BCUT2D eigenvalue weighted by atomic mass is 14.4. The molecule has 0 N–H and O–H groups in total. The van der Waals surface area contributed by atoms with Gasteiger partial charge in [0.25, 0.3) is 0 Å². The molecule has 2 aliphatic carbocycles. The fourth-order valence-electron chi connectivity index (χ4n) is 4.38. The van der Waals surface area contributed by atoms with Gasteiger partial charge in [-0.15, -0.1) is 0 Å². The Bertz CT molecular complexity index is 245. The zero-order chi connectivity index (χ0) is 19.2. The van der Waals surface area contributed by atoms with E-state index in [1.165, 1.54) is 57.8 Å². The molecule has 0 spiro atoms. The van der Waals surface area contributed by atoms with E-state index in [0.29, 0.717) is 5.41 Å². The third-order valence-corrected chi connectivity index (χ3v) is 6.49. The van der Waals surface area contributed by atoms with Crippen LogP contribution in [0.1, 0.15) is 127 Å². The average Bonchev–Trinajstić information content (AvgIpc) is 3.07. The van der Waals surface area contributed by atoms with Gasteiger partial charge in [0.1, 0.15) is 0 Å². The molecule has 2 atom stereocenters. The molecule has 0 amide bonds. The average molecular weight is 341 g/mol. The molecule has 2 unspecified atom stereocenters. The largest absolute Gasteiger partial charge is 0.0683 e. The van der Waals surface area contributed by atoms with Gasteiger partial charge in [0, 0.05) is 0 Å². The lowest BCUT2D eigenvalue weighted by molar-refractivity contribution is 0.175. The second kappa shape index (κ2) is 15.3. The van der Waals surface area contributed by atoms with Crippen LogP contribution >= 0.6 is 0 Å². The van der Waals surface area contributed by atoms with Gasteiger partial charge in [-0.2, -0.15) is 0 Å². The highest BCUT2D eigenvalue weighted by molar-refractivity contribution is 4.82. The maximum Gasteiger partial charge on any atom is -0.0303 e. The van der Waals surface area contributed by atoms with Crippen molar-refractivity contribution in [3.05, 3.63) is 0 Å². The Labute approximate surface area is 156 Å². The topological polar surface area (TPSA) is 0 Å². The lowest BCUT2D eigenvalue weighted by Gasteiger charge is -2.33. The first-order valence-corrected chi connectivity index (χ1v) is 11.4. The monoisotopic (exact) mass is 340 g/mol. The quantitative estimate of drug-likeness (QED) is 0.480. The summed E-state index contributed by atoms with van der Waals surface area (Å²) in [6.45, 7) is 22.3. The fourth-order valence-corrected chi connectivity index (χ4v) is 4.38. The third kappa shape index (κ3) is 9.47. The smallest absolute Gasteiger partial charge is 0.0303 e. The molecule has 2 aliphatic rings. The minimum atomic E-state index is 0.694. The molecule has 0 aromatic carbocycles. The van der Waals surface area contributed by atoms with Crippen LogP contribution in [0.4, 0.5) is 0 Å². The molecule has 0 bridgehead atoms. The molecular weight excluding hydrogens is 288 g/mol. The summed E-state index contributed by atoms with van der Waals surface area (Å²) < 4.78 is 0. The van der Waals surface area contributed by atoms with Gasteiger partial charge in [-0.1, -0.05) is 108 Å². The molecular formula is C24H52. The van der Waals surface area contributed by atoms with Gasteiger partial charge >= 0.3 is 0 Å². The fraction of sp³-hybridized carbons (Fsp3) is 1.00. The van der Waals surface area contributed by atoms with E-state index in [9.17, 15) is 0 Å². The maximum atomic E-state index is 2.44. The van der Waals surface area contributed by atoms with E-state index in [-0.39, 0.29) is 0 Å². The summed E-state index contributed by atoms with van der Waals surface area (Å²) in [5.74, 6) is 3.89. The Morgan fingerprint density at radius 3 is 1.54 bits per heavy atom. The van der Waals surface area contributed by atoms with Crippen molar-refractivity contribution >= 4 is 0 Å². The van der Waals surface area contributed by atoms with E-state index in [2.05, 4.69) is 41.5 Å². The van der Waals surface area contributed by atoms with Gasteiger partial charge in [-0.25, -0.2) is 0 Å². The van der Waals surface area contributed by atoms with Gasteiger partial charge < -0.3 is 0 Å². The minimum Gasteiger partial charge on any atom is -0.0683 e. The van der Waals surface area contributed by atoms with Crippen molar-refractivity contribution in [3.63, 3.8) is 0 Å². The van der Waals surface area contributed by atoms with Crippen LogP contribution in [0.3, 0.4) is 0 Å². The van der Waals surface area contributed by atoms with Crippen molar-refractivity contribution in [2.24, 2.45) is 29.1 Å². The lowest BCUT2D eigenvalue weighted by atomic mass is 9.72. The Balaban J connectivity index is 0. The van der Waals surface area contributed by atoms with E-state index in [4.69, 9.17) is 0 Å². The molecule has 0 heterocycles. The predicted octanol–water partition coefficient (Wildman–Crippen LogP) is 9.13. The highest BCUT2D eigenvalue weighted by Crippen LogP contribution is 2.43. The SMILES string of the molecule is CC.CC.CC(C)C1(C)CCCC1.CCC1CCCCC1C(C)C. The number of rotatable bonds is 3. The molecule has 0 saturated heterocycles. The van der Waals surface area contributed by atoms with Crippen LogP contribution in [0.15, 0.2) is 0 Å². The molecule has 0 radical (unpaired) electrons. The van der Waals surface area contributed by atoms with Gasteiger partial charge in [0.15, 0.2) is 0 Å². The van der Waals surface area contributed by atoms with E-state index >= 15 is 0 Å². The normalized spacial score (nSPS) is 25.0. The van der Waals surface area contributed by atoms with E-state index in [1.807, 2.05) is 27.7 Å². The second-order valence-electron chi connectivity index (χ2n) is 8.38. The van der Waals surface area contributed by atoms with E-state index in [0.717, 1.165) is 23.7 Å². The van der Waals surface area contributed by atoms with Crippen molar-refractivity contribution < 1.29 is 0 Å². The van der Waals surface area contributed by atoms with E-state index < -0.39 is 0 Å². The second-order valence-corrected chi connectivity index (χ2v) is 8.38. The molecule has 2 fully saturated rings. The molecule has 2 rings (SSSR count). The summed E-state index contributed by atoms with van der Waals surface area (Å²) >= 11 is 0. The number of hydrogen-bond donors (Lipinski definition) is 0. The summed E-state index contributed by atoms with van der Waals surface area (Å²) in [5, 5.41) is 0. The molecule has 0 aromatic heterocycles. The molecule has 0 nitrogen and oxygen atoms in total. The van der Waals surface area contributed by atoms with Crippen molar-refractivity contribution in [1.29, 1.82) is 0 Å². The first-order chi connectivity index (χ1) is 11.4. The van der Waals surface area contributed by atoms with Crippen molar-refractivity contribution in [3.8, 4) is 0 Å². The Morgan fingerprint density at radius 1 is 0.792 bits per heavy atom. The summed E-state index contributed by atoms with van der Waals surface area (Å²) in [6, 6.07) is 0. The molecule has 24 heavy (non-hydrogen) atoms. The first-order valence-electron chi connectivity index (χ1n) is 11.4. The zero-order valence-corrected chi connectivity index (χ0v) is 19.2. The molecule has 0 heteroatoms. The van der Waals surface area contributed by atoms with E-state index in [1.54, 1.807) is 0 Å². The highest BCUT2D eigenvalue weighted by Gasteiger charge is 2.31. The van der Waals surface area contributed by atoms with Crippen LogP contribution in [0.2, 0.25) is 0 Å². The first kappa shape index (κ1) is 26.2. The van der Waals surface area contributed by atoms with Crippen molar-refractivity contribution in [2.45, 2.75) is 127 Å². The Morgan fingerprint density at radius 2 is 1.25 bits per heavy atom. The predicted molar refractivity (Wildman–Crippen MR) is 115 cm³/mol. The maximum absolute atomic E-state index is 2.44. The van der Waals surface area contributed by atoms with Crippen molar-refractivity contribution in [1.82, 2.24) is 0 Å². The van der Waals surface area contributed by atoms with Gasteiger partial charge in [-0.3, -0.25) is 0 Å². The van der Waals surface area contributed by atoms with Crippen LogP contribution in [-0.2, 0) is 0 Å². The molecule has 0 aliphatic heterocycles. The molecule has 2 saturated carbocycles. The van der Waals surface area contributed by atoms with Crippen LogP contribution in [0, 0.1) is 29.1 Å². The summed E-state index contributed by atoms with van der Waals surface area (Å²) in [6.07, 6.45) is 13.2. The van der Waals surface area contributed by atoms with Crippen LogP contribution in [-0.4, -0.2) is 0 Å². The third-order valence-electron chi connectivity index (χ3n) is 6.49. The van der Waals surface area contributed by atoms with Gasteiger partial charge in [0.2, 0.25) is 0 Å². The molecule has 0 aromatic rings. The van der Waals surface area contributed by atoms with Gasteiger partial charge in [0.05, 0.1) is 0 Å². The van der Waals surface area contributed by atoms with Gasteiger partial charge in [-0.05, 0) is 48.3 Å². The van der Waals surface area contributed by atoms with Crippen LogP contribution < -0.4 is 0 Å². The summed E-state index contributed by atoms with van der Waals surface area (Å²) in [5.41, 5.74) is 0.694. The molecule has 148 valence electrons. The van der Waals surface area contributed by atoms with Crippen LogP contribution in [0.25, 0.3) is 0 Å². The lowest BCUT2D eigenvalue weighted by Crippen LogP contribution is -2.23. The van der Waals surface area contributed by atoms with Crippen molar-refractivity contribution in [2.75, 3.05) is 0 Å². The zero-order valence-electron chi connectivity index (χ0n) is 19.2. The Kier molecular flexibility index (Phi) is 16.7. The standard InChI is InChI=1S/C11H22.C9H18.2C2H6/c1-4-10-7-5-6-8-11(10)9(2)3;1-8(2)9(3)6-4-5-7-9;2*1-2/h9-11H,4-8H2,1-3H3;8H,4-7H2,1-3H3;2*1-2H3. The summed E-state index contributed by atoms with van der Waals surface area (Å²) in [4.78, 5) is 0. The Hall–Kier alpha value is 0. The summed E-state index contributed by atoms with van der Waals surface area (Å²) in [7, 11) is 0.